The number of amides is 1. The van der Waals surface area contributed by atoms with E-state index >= 15 is 0 Å². The van der Waals surface area contributed by atoms with Crippen LogP contribution >= 0.6 is 11.8 Å². The Labute approximate surface area is 163 Å². The van der Waals surface area contributed by atoms with Crippen molar-refractivity contribution in [1.29, 1.82) is 0 Å². The number of hydrogen-bond acceptors (Lipinski definition) is 5. The molecule has 3 aromatic rings. The van der Waals surface area contributed by atoms with Crippen LogP contribution in [0.3, 0.4) is 0 Å². The molecule has 0 fully saturated rings. The molecule has 1 heterocycles. The van der Waals surface area contributed by atoms with Gasteiger partial charge in [0.2, 0.25) is 11.8 Å². The second-order valence-corrected chi connectivity index (χ2v) is 7.39. The van der Waals surface area contributed by atoms with Crippen LogP contribution in [-0.4, -0.2) is 28.4 Å². The van der Waals surface area contributed by atoms with Crippen LogP contribution in [0.5, 0.6) is 0 Å². The van der Waals surface area contributed by atoms with Gasteiger partial charge in [0.25, 0.3) is 5.22 Å². The summed E-state index contributed by atoms with van der Waals surface area (Å²) in [5.74, 6) is 0.738. The van der Waals surface area contributed by atoms with E-state index in [1.807, 2.05) is 64.1 Å². The summed E-state index contributed by atoms with van der Waals surface area (Å²) >= 11 is 1.27. The van der Waals surface area contributed by atoms with E-state index in [1.165, 1.54) is 11.8 Å². The smallest absolute Gasteiger partial charge is 0.277 e. The number of anilines is 1. The Morgan fingerprint density at radius 3 is 2.44 bits per heavy atom. The summed E-state index contributed by atoms with van der Waals surface area (Å²) in [7, 11) is 0. The second kappa shape index (κ2) is 8.39. The van der Waals surface area contributed by atoms with Gasteiger partial charge in [0.05, 0.1) is 5.75 Å². The Kier molecular flexibility index (Phi) is 5.96. The van der Waals surface area contributed by atoms with Crippen molar-refractivity contribution >= 4 is 23.4 Å². The van der Waals surface area contributed by atoms with Crippen molar-refractivity contribution in [3.63, 3.8) is 0 Å². The van der Waals surface area contributed by atoms with Gasteiger partial charge in [0.15, 0.2) is 0 Å². The SMILES string of the molecule is CCN(C(=O)CSc1nnc(-c2cc(C)cc(C)c2)o1)c1ccccc1C. The molecule has 0 N–H and O–H groups in total. The second-order valence-electron chi connectivity index (χ2n) is 6.46. The number of carbonyl (C=O) groups is 1. The number of rotatable bonds is 6. The molecule has 0 saturated carbocycles. The summed E-state index contributed by atoms with van der Waals surface area (Å²) in [6, 6.07) is 14.0. The van der Waals surface area contributed by atoms with Crippen molar-refractivity contribution in [3.8, 4) is 11.5 Å². The molecule has 6 heteroatoms. The highest BCUT2D eigenvalue weighted by Gasteiger charge is 2.18. The summed E-state index contributed by atoms with van der Waals surface area (Å²) in [6.07, 6.45) is 0. The van der Waals surface area contributed by atoms with E-state index in [2.05, 4.69) is 16.3 Å². The Morgan fingerprint density at radius 2 is 1.78 bits per heavy atom. The van der Waals surface area contributed by atoms with Crippen LogP contribution in [0.2, 0.25) is 0 Å². The van der Waals surface area contributed by atoms with Gasteiger partial charge in [-0.25, -0.2) is 0 Å². The Hall–Kier alpha value is -2.60. The summed E-state index contributed by atoms with van der Waals surface area (Å²) < 4.78 is 5.74. The molecule has 0 unspecified atom stereocenters. The first-order valence-electron chi connectivity index (χ1n) is 8.89. The van der Waals surface area contributed by atoms with Gasteiger partial charge in [-0.3, -0.25) is 4.79 Å². The summed E-state index contributed by atoms with van der Waals surface area (Å²) in [6.45, 7) is 8.66. The highest BCUT2D eigenvalue weighted by molar-refractivity contribution is 7.99. The van der Waals surface area contributed by atoms with Crippen LogP contribution in [0.1, 0.15) is 23.6 Å². The quantitative estimate of drug-likeness (QED) is 0.574. The fraction of sp³-hybridized carbons (Fsp3) is 0.286. The standard InChI is InChI=1S/C21H23N3O2S/c1-5-24(18-9-7-6-8-16(18)4)19(25)13-27-21-23-22-20(26-21)17-11-14(2)10-15(3)12-17/h6-12H,5,13H2,1-4H3. The van der Waals surface area contributed by atoms with Crippen molar-refractivity contribution in [2.75, 3.05) is 17.2 Å². The summed E-state index contributed by atoms with van der Waals surface area (Å²) in [4.78, 5) is 14.5. The molecule has 0 aliphatic heterocycles. The molecule has 2 aromatic carbocycles. The maximum absolute atomic E-state index is 12.7. The molecule has 0 spiro atoms. The average Bonchev–Trinajstić information content (AvgIpc) is 3.10. The normalized spacial score (nSPS) is 10.8. The lowest BCUT2D eigenvalue weighted by Crippen LogP contribution is -2.32. The summed E-state index contributed by atoms with van der Waals surface area (Å²) in [5.41, 5.74) is 5.20. The van der Waals surface area contributed by atoms with Gasteiger partial charge in [-0.1, -0.05) is 47.2 Å². The number of benzene rings is 2. The third-order valence-corrected chi connectivity index (χ3v) is 5.02. The Balaban J connectivity index is 1.69. The minimum atomic E-state index is 0.0166. The molecule has 5 nitrogen and oxygen atoms in total. The molecule has 0 aliphatic rings. The minimum absolute atomic E-state index is 0.0166. The molecule has 27 heavy (non-hydrogen) atoms. The Morgan fingerprint density at radius 1 is 1.07 bits per heavy atom. The third-order valence-electron chi connectivity index (χ3n) is 4.22. The van der Waals surface area contributed by atoms with Crippen LogP contribution < -0.4 is 4.90 Å². The number of thioether (sulfide) groups is 1. The third kappa shape index (κ3) is 4.57. The number of carbonyl (C=O) groups excluding carboxylic acids is 1. The number of nitrogens with zero attached hydrogens (tertiary/aromatic N) is 3. The lowest BCUT2D eigenvalue weighted by molar-refractivity contribution is -0.116. The van der Waals surface area contributed by atoms with Crippen LogP contribution in [0, 0.1) is 20.8 Å². The highest BCUT2D eigenvalue weighted by atomic mass is 32.2. The predicted molar refractivity (Wildman–Crippen MR) is 109 cm³/mol. The van der Waals surface area contributed by atoms with Crippen molar-refractivity contribution in [3.05, 3.63) is 59.2 Å². The predicted octanol–water partition coefficient (Wildman–Crippen LogP) is 4.81. The van der Waals surface area contributed by atoms with Crippen molar-refractivity contribution in [2.45, 2.75) is 32.9 Å². The molecule has 0 radical (unpaired) electrons. The number of hydrogen-bond donors (Lipinski definition) is 0. The molecular formula is C21H23N3O2S. The van der Waals surface area contributed by atoms with E-state index in [0.717, 1.165) is 27.9 Å². The molecule has 0 atom stereocenters. The van der Waals surface area contributed by atoms with Crippen LogP contribution in [0.25, 0.3) is 11.5 Å². The lowest BCUT2D eigenvalue weighted by Gasteiger charge is -2.22. The maximum Gasteiger partial charge on any atom is 0.277 e. The zero-order chi connectivity index (χ0) is 19.4. The molecule has 3 rings (SSSR count). The van der Waals surface area contributed by atoms with E-state index in [1.54, 1.807) is 4.90 Å². The molecule has 0 aliphatic carbocycles. The number of aryl methyl sites for hydroxylation is 3. The van der Waals surface area contributed by atoms with Gasteiger partial charge in [-0.05, 0) is 51.5 Å². The molecule has 1 aromatic heterocycles. The molecule has 140 valence electrons. The minimum Gasteiger partial charge on any atom is -0.411 e. The maximum atomic E-state index is 12.7. The van der Waals surface area contributed by atoms with Gasteiger partial charge in [-0.15, -0.1) is 10.2 Å². The van der Waals surface area contributed by atoms with Gasteiger partial charge < -0.3 is 9.32 Å². The van der Waals surface area contributed by atoms with Gasteiger partial charge >= 0.3 is 0 Å². The van der Waals surface area contributed by atoms with Gasteiger partial charge in [0.1, 0.15) is 0 Å². The van der Waals surface area contributed by atoms with Crippen molar-refractivity contribution in [2.24, 2.45) is 0 Å². The zero-order valence-corrected chi connectivity index (χ0v) is 16.8. The first kappa shape index (κ1) is 19.2. The number of para-hydroxylation sites is 1. The van der Waals surface area contributed by atoms with Crippen molar-refractivity contribution in [1.82, 2.24) is 10.2 Å². The van der Waals surface area contributed by atoms with Crippen LogP contribution in [0.15, 0.2) is 52.1 Å². The molecular weight excluding hydrogens is 358 g/mol. The lowest BCUT2D eigenvalue weighted by atomic mass is 10.1. The van der Waals surface area contributed by atoms with Gasteiger partial charge in [0, 0.05) is 17.8 Å². The largest absolute Gasteiger partial charge is 0.411 e. The van der Waals surface area contributed by atoms with Crippen molar-refractivity contribution < 1.29 is 9.21 Å². The highest BCUT2D eigenvalue weighted by Crippen LogP contribution is 2.26. The van der Waals surface area contributed by atoms with Crippen LogP contribution in [-0.2, 0) is 4.79 Å². The van der Waals surface area contributed by atoms with E-state index in [9.17, 15) is 4.79 Å². The zero-order valence-electron chi connectivity index (χ0n) is 16.0. The van der Waals surface area contributed by atoms with E-state index in [-0.39, 0.29) is 11.7 Å². The summed E-state index contributed by atoms with van der Waals surface area (Å²) in [5, 5.41) is 8.60. The van der Waals surface area contributed by atoms with Gasteiger partial charge in [-0.2, -0.15) is 0 Å². The number of aromatic nitrogens is 2. The molecule has 1 amide bonds. The first-order valence-corrected chi connectivity index (χ1v) is 9.87. The van der Waals surface area contributed by atoms with E-state index in [0.29, 0.717) is 17.7 Å². The molecule has 0 saturated heterocycles. The fourth-order valence-electron chi connectivity index (χ4n) is 3.03. The molecule has 0 bridgehead atoms. The van der Waals surface area contributed by atoms with Crippen LogP contribution in [0.4, 0.5) is 5.69 Å². The topological polar surface area (TPSA) is 59.2 Å². The van der Waals surface area contributed by atoms with E-state index in [4.69, 9.17) is 4.42 Å². The monoisotopic (exact) mass is 381 g/mol. The average molecular weight is 382 g/mol. The van der Waals surface area contributed by atoms with E-state index < -0.39 is 0 Å². The Bertz CT molecular complexity index is 932. The first-order chi connectivity index (χ1) is 13.0. The fourth-order valence-corrected chi connectivity index (χ4v) is 3.67.